The fraction of sp³-hybridized carbons (Fsp3) is 0.250. The molecular formula is C20H10N12. The molecule has 3 aliphatic rings. The summed E-state index contributed by atoms with van der Waals surface area (Å²) >= 11 is 0. The lowest BCUT2D eigenvalue weighted by Gasteiger charge is -2.39. The zero-order valence-electron chi connectivity index (χ0n) is 16.7. The maximum absolute atomic E-state index is 9.65. The number of hydrogen-bond donors (Lipinski definition) is 1. The Balaban J connectivity index is 2.20. The number of nitrogens with zero attached hydrogens (tertiary/aromatic N) is 11. The van der Waals surface area contributed by atoms with Gasteiger partial charge >= 0.3 is 0 Å². The third-order valence-electron chi connectivity index (χ3n) is 5.35. The molecule has 3 heterocycles. The van der Waals surface area contributed by atoms with Crippen molar-refractivity contribution in [3.63, 3.8) is 0 Å². The topological polar surface area (TPSA) is 198 Å². The summed E-state index contributed by atoms with van der Waals surface area (Å²) in [7, 11) is 3.19. The van der Waals surface area contributed by atoms with E-state index in [-0.39, 0.29) is 39.9 Å². The minimum atomic E-state index is -1.07. The average molecular weight is 418 g/mol. The SMILES string of the molecule is CN1c2c(c3c(c4c2N(C)C(C#N)C(C#N)=N4)NC(C#N)C(C#N)=N3)N=C(C#N)C1C#N. The predicted molar refractivity (Wildman–Crippen MR) is 113 cm³/mol. The van der Waals surface area contributed by atoms with Crippen LogP contribution in [0, 0.1) is 68.0 Å². The summed E-state index contributed by atoms with van der Waals surface area (Å²) in [6, 6.07) is 8.66. The van der Waals surface area contributed by atoms with Crippen molar-refractivity contribution in [2.75, 3.05) is 29.2 Å². The summed E-state index contributed by atoms with van der Waals surface area (Å²) in [5.74, 6) is 0. The Morgan fingerprint density at radius 1 is 0.656 bits per heavy atom. The number of benzene rings is 1. The molecule has 3 atom stereocenters. The zero-order chi connectivity index (χ0) is 23.2. The van der Waals surface area contributed by atoms with E-state index in [9.17, 15) is 31.6 Å². The van der Waals surface area contributed by atoms with Crippen LogP contribution in [0.15, 0.2) is 15.0 Å². The Bertz CT molecular complexity index is 1420. The second kappa shape index (κ2) is 7.12. The van der Waals surface area contributed by atoms with Gasteiger partial charge in [-0.05, 0) is 0 Å². The molecular weight excluding hydrogens is 408 g/mol. The second-order valence-corrected chi connectivity index (χ2v) is 6.94. The van der Waals surface area contributed by atoms with Crippen LogP contribution in [0.25, 0.3) is 0 Å². The molecule has 0 saturated carbocycles. The van der Waals surface area contributed by atoms with Crippen LogP contribution in [-0.2, 0) is 0 Å². The summed E-state index contributed by atoms with van der Waals surface area (Å²) in [6.45, 7) is 0. The van der Waals surface area contributed by atoms with Crippen LogP contribution in [-0.4, -0.2) is 49.4 Å². The van der Waals surface area contributed by atoms with Crippen LogP contribution in [0.3, 0.4) is 0 Å². The van der Waals surface area contributed by atoms with E-state index in [0.29, 0.717) is 11.4 Å². The first-order chi connectivity index (χ1) is 15.4. The van der Waals surface area contributed by atoms with Gasteiger partial charge in [-0.25, -0.2) is 15.0 Å². The van der Waals surface area contributed by atoms with Gasteiger partial charge in [-0.2, -0.15) is 31.6 Å². The summed E-state index contributed by atoms with van der Waals surface area (Å²) in [5.41, 5.74) is 1.32. The number of nitriles is 6. The van der Waals surface area contributed by atoms with Gasteiger partial charge in [0.15, 0.2) is 35.3 Å². The van der Waals surface area contributed by atoms with E-state index < -0.39 is 18.1 Å². The van der Waals surface area contributed by atoms with Crippen molar-refractivity contribution in [2.45, 2.75) is 18.1 Å². The number of aliphatic imine (C=N–C) groups is 3. The molecule has 1 aromatic rings. The molecule has 0 aromatic heterocycles. The van der Waals surface area contributed by atoms with Crippen LogP contribution in [0.4, 0.5) is 34.1 Å². The third-order valence-corrected chi connectivity index (χ3v) is 5.35. The highest BCUT2D eigenvalue weighted by atomic mass is 15.3. The van der Waals surface area contributed by atoms with Gasteiger partial charge in [0, 0.05) is 14.1 Å². The molecule has 0 fully saturated rings. The molecule has 1 aromatic carbocycles. The summed E-state index contributed by atoms with van der Waals surface area (Å²) in [5, 5.41) is 60.2. The Kier molecular flexibility index (Phi) is 4.42. The number of anilines is 3. The van der Waals surface area contributed by atoms with Crippen LogP contribution in [0.2, 0.25) is 0 Å². The molecule has 150 valence electrons. The van der Waals surface area contributed by atoms with Crippen LogP contribution in [0.5, 0.6) is 0 Å². The van der Waals surface area contributed by atoms with E-state index in [4.69, 9.17) is 0 Å². The van der Waals surface area contributed by atoms with Crippen molar-refractivity contribution in [2.24, 2.45) is 15.0 Å². The van der Waals surface area contributed by atoms with E-state index in [1.54, 1.807) is 14.1 Å². The molecule has 1 N–H and O–H groups in total. The van der Waals surface area contributed by atoms with Gasteiger partial charge < -0.3 is 15.1 Å². The minimum absolute atomic E-state index is 0.0634. The number of rotatable bonds is 0. The normalized spacial score (nSPS) is 22.2. The molecule has 0 aliphatic carbocycles. The highest BCUT2D eigenvalue weighted by Gasteiger charge is 2.42. The number of fused-ring (bicyclic) bond motifs is 6. The molecule has 32 heavy (non-hydrogen) atoms. The quantitative estimate of drug-likeness (QED) is 0.648. The van der Waals surface area contributed by atoms with Gasteiger partial charge in [0.25, 0.3) is 0 Å². The fourth-order valence-corrected chi connectivity index (χ4v) is 3.85. The molecule has 0 saturated heterocycles. The standard InChI is InChI=1S/C20H10N12/c1-31-13(7-25)11(5-23)29-17-15-16(28-10(4-22)9(3-21)27-15)18-20(19(17)31)32(2)14(8-26)12(6-24)30-18/h9,13-14,27H,1-2H3. The van der Waals surface area contributed by atoms with Crippen molar-refractivity contribution in [3.8, 4) is 36.4 Å². The Labute approximate surface area is 182 Å². The molecule has 0 radical (unpaired) electrons. The molecule has 12 heteroatoms. The smallest absolute Gasteiger partial charge is 0.169 e. The first-order valence-electron chi connectivity index (χ1n) is 9.06. The van der Waals surface area contributed by atoms with Gasteiger partial charge in [-0.15, -0.1) is 0 Å². The van der Waals surface area contributed by atoms with E-state index in [1.165, 1.54) is 9.80 Å². The maximum Gasteiger partial charge on any atom is 0.169 e. The Morgan fingerprint density at radius 3 is 1.59 bits per heavy atom. The summed E-state index contributed by atoms with van der Waals surface area (Å²) in [4.78, 5) is 16.1. The monoisotopic (exact) mass is 418 g/mol. The first kappa shape index (κ1) is 19.9. The van der Waals surface area contributed by atoms with E-state index in [0.717, 1.165) is 0 Å². The minimum Gasteiger partial charge on any atom is -0.361 e. The fourth-order valence-electron chi connectivity index (χ4n) is 3.85. The molecule has 3 aliphatic heterocycles. The molecule has 0 amide bonds. The van der Waals surface area contributed by atoms with Crippen molar-refractivity contribution in [1.29, 1.82) is 31.6 Å². The largest absolute Gasteiger partial charge is 0.361 e. The van der Waals surface area contributed by atoms with E-state index in [2.05, 4.69) is 20.3 Å². The zero-order valence-corrected chi connectivity index (χ0v) is 16.7. The Morgan fingerprint density at radius 2 is 1.12 bits per heavy atom. The van der Waals surface area contributed by atoms with Gasteiger partial charge in [0.1, 0.15) is 35.3 Å². The molecule has 4 rings (SSSR count). The van der Waals surface area contributed by atoms with Gasteiger partial charge in [-0.3, -0.25) is 0 Å². The summed E-state index contributed by atoms with van der Waals surface area (Å²) in [6.07, 6.45) is 0. The number of nitrogens with one attached hydrogen (secondary N) is 1. The second-order valence-electron chi connectivity index (χ2n) is 6.94. The molecule has 3 unspecified atom stereocenters. The van der Waals surface area contributed by atoms with Crippen molar-refractivity contribution in [3.05, 3.63) is 0 Å². The highest BCUT2D eigenvalue weighted by molar-refractivity contribution is 6.22. The third kappa shape index (κ3) is 2.45. The summed E-state index contributed by atoms with van der Waals surface area (Å²) < 4.78 is 0. The Hall–Kier alpha value is -5.43. The van der Waals surface area contributed by atoms with Gasteiger partial charge in [0.2, 0.25) is 0 Å². The van der Waals surface area contributed by atoms with E-state index >= 15 is 0 Å². The van der Waals surface area contributed by atoms with Crippen molar-refractivity contribution >= 4 is 51.3 Å². The molecule has 12 nitrogen and oxygen atoms in total. The molecule has 0 bridgehead atoms. The van der Waals surface area contributed by atoms with Crippen LogP contribution in [0.1, 0.15) is 0 Å². The van der Waals surface area contributed by atoms with Crippen molar-refractivity contribution < 1.29 is 0 Å². The maximum atomic E-state index is 9.65. The van der Waals surface area contributed by atoms with Gasteiger partial charge in [0.05, 0.1) is 35.3 Å². The average Bonchev–Trinajstić information content (AvgIpc) is 2.82. The lowest BCUT2D eigenvalue weighted by Crippen LogP contribution is -2.44. The lowest BCUT2D eigenvalue weighted by atomic mass is 9.97. The lowest BCUT2D eigenvalue weighted by molar-refractivity contribution is 0.886. The van der Waals surface area contributed by atoms with Crippen LogP contribution < -0.4 is 15.1 Å². The number of hydrogen-bond acceptors (Lipinski definition) is 12. The van der Waals surface area contributed by atoms with Crippen molar-refractivity contribution in [1.82, 2.24) is 0 Å². The highest BCUT2D eigenvalue weighted by Crippen LogP contribution is 2.59. The first-order valence-corrected chi connectivity index (χ1v) is 9.06. The molecule has 0 spiro atoms. The predicted octanol–water partition coefficient (Wildman–Crippen LogP) is 1.48. The van der Waals surface area contributed by atoms with E-state index in [1.807, 2.05) is 36.4 Å². The van der Waals surface area contributed by atoms with Gasteiger partial charge in [-0.1, -0.05) is 0 Å². The van der Waals surface area contributed by atoms with Crippen LogP contribution >= 0.6 is 0 Å².